The highest BCUT2D eigenvalue weighted by Crippen LogP contribution is 2.39. The SMILES string of the molecule is O=C(c1cc(C2CC2)[nH]n1)N(Cc1ccccc1)C1CCS(=O)(=O)C1. The second-order valence-corrected chi connectivity index (χ2v) is 9.19. The fourth-order valence-corrected chi connectivity index (χ4v) is 5.10. The van der Waals surface area contributed by atoms with Gasteiger partial charge < -0.3 is 4.90 Å². The van der Waals surface area contributed by atoms with E-state index < -0.39 is 9.84 Å². The van der Waals surface area contributed by atoms with Crippen molar-refractivity contribution in [1.29, 1.82) is 0 Å². The van der Waals surface area contributed by atoms with Crippen molar-refractivity contribution in [3.05, 3.63) is 53.3 Å². The molecular formula is C18H21N3O3S. The molecule has 4 rings (SSSR count). The van der Waals surface area contributed by atoms with E-state index in [0.29, 0.717) is 24.6 Å². The molecule has 1 N–H and O–H groups in total. The van der Waals surface area contributed by atoms with Gasteiger partial charge in [-0.1, -0.05) is 30.3 Å². The van der Waals surface area contributed by atoms with E-state index in [4.69, 9.17) is 0 Å². The van der Waals surface area contributed by atoms with Gasteiger partial charge in [-0.3, -0.25) is 9.89 Å². The number of benzene rings is 1. The molecule has 6 nitrogen and oxygen atoms in total. The molecule has 2 fully saturated rings. The summed E-state index contributed by atoms with van der Waals surface area (Å²) in [4.78, 5) is 14.7. The minimum Gasteiger partial charge on any atom is -0.329 e. The Kier molecular flexibility index (Phi) is 4.11. The van der Waals surface area contributed by atoms with Crippen molar-refractivity contribution in [2.24, 2.45) is 0 Å². The molecule has 1 aromatic heterocycles. The Hall–Kier alpha value is -2.15. The van der Waals surface area contributed by atoms with Crippen LogP contribution >= 0.6 is 0 Å². The van der Waals surface area contributed by atoms with Crippen LogP contribution in [0.25, 0.3) is 0 Å². The van der Waals surface area contributed by atoms with E-state index >= 15 is 0 Å². The Morgan fingerprint density at radius 2 is 1.96 bits per heavy atom. The number of carbonyl (C=O) groups excluding carboxylic acids is 1. The summed E-state index contributed by atoms with van der Waals surface area (Å²) in [7, 11) is -3.07. The van der Waals surface area contributed by atoms with Crippen LogP contribution in [0.15, 0.2) is 36.4 Å². The largest absolute Gasteiger partial charge is 0.329 e. The standard InChI is InChI=1S/C18H21N3O3S/c22-18(17-10-16(19-20-17)14-6-7-14)21(11-13-4-2-1-3-5-13)15-8-9-25(23,24)12-15/h1-5,10,14-15H,6-9,11-12H2,(H,19,20). The maximum absolute atomic E-state index is 13.1. The number of nitrogens with zero attached hydrogens (tertiary/aromatic N) is 2. The van der Waals surface area contributed by atoms with Gasteiger partial charge in [-0.05, 0) is 30.9 Å². The molecule has 132 valence electrons. The maximum Gasteiger partial charge on any atom is 0.274 e. The van der Waals surface area contributed by atoms with Crippen LogP contribution in [0, 0.1) is 0 Å². The van der Waals surface area contributed by atoms with Crippen LogP contribution in [-0.4, -0.2) is 47.0 Å². The number of aromatic nitrogens is 2. The zero-order chi connectivity index (χ0) is 17.4. The highest BCUT2D eigenvalue weighted by molar-refractivity contribution is 7.91. The molecule has 0 spiro atoms. The van der Waals surface area contributed by atoms with Crippen LogP contribution in [0.1, 0.15) is 46.9 Å². The highest BCUT2D eigenvalue weighted by Gasteiger charge is 2.36. The average molecular weight is 359 g/mol. The third kappa shape index (κ3) is 3.61. The molecule has 2 heterocycles. The number of rotatable bonds is 5. The van der Waals surface area contributed by atoms with Gasteiger partial charge in [0.05, 0.1) is 11.5 Å². The Bertz CT molecular complexity index is 872. The van der Waals surface area contributed by atoms with E-state index in [0.717, 1.165) is 24.1 Å². The highest BCUT2D eigenvalue weighted by atomic mass is 32.2. The average Bonchev–Trinajstić information content (AvgIpc) is 3.22. The molecule has 1 aliphatic heterocycles. The summed E-state index contributed by atoms with van der Waals surface area (Å²) in [6.07, 6.45) is 2.75. The van der Waals surface area contributed by atoms with Crippen LogP contribution < -0.4 is 0 Å². The molecule has 1 saturated heterocycles. The van der Waals surface area contributed by atoms with Gasteiger partial charge in [0, 0.05) is 24.2 Å². The van der Waals surface area contributed by atoms with Crippen molar-refractivity contribution >= 4 is 15.7 Å². The molecule has 1 aromatic carbocycles. The van der Waals surface area contributed by atoms with Gasteiger partial charge in [0.15, 0.2) is 9.84 Å². The van der Waals surface area contributed by atoms with Gasteiger partial charge >= 0.3 is 0 Å². The van der Waals surface area contributed by atoms with Crippen molar-refractivity contribution in [3.8, 4) is 0 Å². The molecule has 1 aliphatic carbocycles. The number of sulfone groups is 1. The van der Waals surface area contributed by atoms with Crippen molar-refractivity contribution in [1.82, 2.24) is 15.1 Å². The fraction of sp³-hybridized carbons (Fsp3) is 0.444. The smallest absolute Gasteiger partial charge is 0.274 e. The monoisotopic (exact) mass is 359 g/mol. The number of aromatic amines is 1. The summed E-state index contributed by atoms with van der Waals surface area (Å²) in [5, 5.41) is 7.14. The molecule has 2 aromatic rings. The number of H-pyrrole nitrogens is 1. The number of carbonyl (C=O) groups is 1. The van der Waals surface area contributed by atoms with Crippen molar-refractivity contribution in [3.63, 3.8) is 0 Å². The van der Waals surface area contributed by atoms with Crippen LogP contribution in [0.4, 0.5) is 0 Å². The van der Waals surface area contributed by atoms with Gasteiger partial charge in [-0.25, -0.2) is 8.42 Å². The van der Waals surface area contributed by atoms with Crippen molar-refractivity contribution < 1.29 is 13.2 Å². The number of nitrogens with one attached hydrogen (secondary N) is 1. The van der Waals surface area contributed by atoms with E-state index in [1.807, 2.05) is 36.4 Å². The van der Waals surface area contributed by atoms with Gasteiger partial charge in [0.2, 0.25) is 0 Å². The third-order valence-corrected chi connectivity index (χ3v) is 6.69. The molecular weight excluding hydrogens is 338 g/mol. The molecule has 1 unspecified atom stereocenters. The molecule has 1 atom stereocenters. The van der Waals surface area contributed by atoms with Crippen molar-refractivity contribution in [2.45, 2.75) is 37.8 Å². The summed E-state index contributed by atoms with van der Waals surface area (Å²) < 4.78 is 23.8. The lowest BCUT2D eigenvalue weighted by molar-refractivity contribution is 0.0675. The molecule has 1 saturated carbocycles. The molecule has 2 aliphatic rings. The lowest BCUT2D eigenvalue weighted by Crippen LogP contribution is -2.40. The summed E-state index contributed by atoms with van der Waals surface area (Å²) in [5.74, 6) is 0.466. The van der Waals surface area contributed by atoms with Crippen molar-refractivity contribution in [2.75, 3.05) is 11.5 Å². The third-order valence-electron chi connectivity index (χ3n) is 4.94. The molecule has 0 bridgehead atoms. The summed E-state index contributed by atoms with van der Waals surface area (Å²) in [5.41, 5.74) is 2.36. The fourth-order valence-electron chi connectivity index (χ4n) is 3.36. The molecule has 25 heavy (non-hydrogen) atoms. The normalized spacial score (nSPS) is 22.0. The summed E-state index contributed by atoms with van der Waals surface area (Å²) in [6, 6.07) is 11.2. The quantitative estimate of drug-likeness (QED) is 0.886. The van der Waals surface area contributed by atoms with E-state index in [9.17, 15) is 13.2 Å². The van der Waals surface area contributed by atoms with Crippen LogP contribution in [0.5, 0.6) is 0 Å². The second-order valence-electron chi connectivity index (χ2n) is 6.96. The summed E-state index contributed by atoms with van der Waals surface area (Å²) in [6.45, 7) is 0.394. The Morgan fingerprint density at radius 3 is 2.60 bits per heavy atom. The minimum absolute atomic E-state index is 0.0332. The van der Waals surface area contributed by atoms with E-state index in [2.05, 4.69) is 10.2 Å². The maximum atomic E-state index is 13.1. The second kappa shape index (κ2) is 6.29. The first-order valence-electron chi connectivity index (χ1n) is 8.62. The predicted octanol–water partition coefficient (Wildman–Crippen LogP) is 2.12. The predicted molar refractivity (Wildman–Crippen MR) is 93.9 cm³/mol. The first-order valence-corrected chi connectivity index (χ1v) is 10.4. The minimum atomic E-state index is -3.07. The van der Waals surface area contributed by atoms with Crippen LogP contribution in [-0.2, 0) is 16.4 Å². The molecule has 7 heteroatoms. The van der Waals surface area contributed by atoms with Crippen LogP contribution in [0.3, 0.4) is 0 Å². The Morgan fingerprint density at radius 1 is 1.20 bits per heavy atom. The lowest BCUT2D eigenvalue weighted by Gasteiger charge is -2.27. The van der Waals surface area contributed by atoms with E-state index in [1.54, 1.807) is 4.90 Å². The van der Waals surface area contributed by atoms with E-state index in [-0.39, 0.29) is 23.5 Å². The molecule has 1 amide bonds. The van der Waals surface area contributed by atoms with Gasteiger partial charge in [0.1, 0.15) is 5.69 Å². The zero-order valence-electron chi connectivity index (χ0n) is 13.9. The summed E-state index contributed by atoms with van der Waals surface area (Å²) >= 11 is 0. The van der Waals surface area contributed by atoms with E-state index in [1.165, 1.54) is 0 Å². The Labute approximate surface area is 147 Å². The number of hydrogen-bond donors (Lipinski definition) is 1. The topological polar surface area (TPSA) is 83.1 Å². The van der Waals surface area contributed by atoms with Gasteiger partial charge in [-0.15, -0.1) is 0 Å². The first kappa shape index (κ1) is 16.3. The van der Waals surface area contributed by atoms with Crippen LogP contribution in [0.2, 0.25) is 0 Å². The first-order chi connectivity index (χ1) is 12.0. The molecule has 0 radical (unpaired) electrons. The van der Waals surface area contributed by atoms with Gasteiger partial charge in [0.25, 0.3) is 5.91 Å². The zero-order valence-corrected chi connectivity index (χ0v) is 14.7. The number of hydrogen-bond acceptors (Lipinski definition) is 4. The number of amides is 1. The van der Waals surface area contributed by atoms with Gasteiger partial charge in [-0.2, -0.15) is 5.10 Å². The Balaban J connectivity index is 1.60. The lowest BCUT2D eigenvalue weighted by atomic mass is 10.1.